The fraction of sp³-hybridized carbons (Fsp3) is 0.447. The predicted octanol–water partition coefficient (Wildman–Crippen LogP) is 7.06. The van der Waals surface area contributed by atoms with Crippen LogP contribution >= 0.6 is 0 Å². The number of ketones is 3. The summed E-state index contributed by atoms with van der Waals surface area (Å²) in [5.74, 6) is -5.78. The van der Waals surface area contributed by atoms with Gasteiger partial charge < -0.3 is 15.4 Å². The zero-order chi connectivity index (χ0) is 35.6. The monoisotopic (exact) mass is 680 g/mol. The van der Waals surface area contributed by atoms with E-state index in [2.05, 4.69) is 10.6 Å². The highest BCUT2D eigenvalue weighted by Crippen LogP contribution is 2.29. The molecule has 0 saturated heterocycles. The zero-order valence-corrected chi connectivity index (χ0v) is 27.8. The molecule has 8 nitrogen and oxygen atoms in total. The lowest BCUT2D eigenvalue weighted by Gasteiger charge is -2.28. The van der Waals surface area contributed by atoms with Crippen molar-refractivity contribution in [2.75, 3.05) is 0 Å². The molecule has 0 radical (unpaired) electrons. The van der Waals surface area contributed by atoms with Gasteiger partial charge in [0.05, 0.1) is 12.1 Å². The van der Waals surface area contributed by atoms with Gasteiger partial charge in [-0.2, -0.15) is 13.2 Å². The third-order valence-corrected chi connectivity index (χ3v) is 8.89. The molecule has 4 rings (SSSR count). The molecule has 2 N–H and O–H groups in total. The molecule has 0 heterocycles. The van der Waals surface area contributed by atoms with Crippen molar-refractivity contribution < 1.29 is 41.9 Å². The minimum absolute atomic E-state index is 0.0433. The summed E-state index contributed by atoms with van der Waals surface area (Å²) >= 11 is 0. The first kappa shape index (κ1) is 37.3. The van der Waals surface area contributed by atoms with Gasteiger partial charge in [-0.3, -0.25) is 19.2 Å². The Labute approximate surface area is 284 Å². The summed E-state index contributed by atoms with van der Waals surface area (Å²) in [5.41, 5.74) is 1.50. The summed E-state index contributed by atoms with van der Waals surface area (Å²) in [5, 5.41) is 6.71. The van der Waals surface area contributed by atoms with Gasteiger partial charge in [-0.1, -0.05) is 93.1 Å². The maximum atomic E-state index is 14.0. The molecule has 1 fully saturated rings. The molecule has 49 heavy (non-hydrogen) atoms. The number of halogens is 3. The Balaban J connectivity index is 1.56. The van der Waals surface area contributed by atoms with Crippen LogP contribution in [0.2, 0.25) is 0 Å². The normalized spacial score (nSPS) is 16.9. The molecular weight excluding hydrogens is 637 g/mol. The number of carbonyl (C=O) groups is 5. The van der Waals surface area contributed by atoms with E-state index in [1.54, 1.807) is 38.1 Å². The summed E-state index contributed by atoms with van der Waals surface area (Å²) in [7, 11) is 0. The van der Waals surface area contributed by atoms with E-state index in [1.165, 1.54) is 0 Å². The molecule has 1 aliphatic rings. The Hall–Kier alpha value is -4.54. The minimum Gasteiger partial charge on any atom is -0.445 e. The minimum atomic E-state index is -5.23. The van der Waals surface area contributed by atoms with Gasteiger partial charge in [0.25, 0.3) is 5.78 Å². The van der Waals surface area contributed by atoms with Crippen molar-refractivity contribution in [3.8, 4) is 0 Å². The topological polar surface area (TPSA) is 119 Å². The number of amides is 2. The van der Waals surface area contributed by atoms with Crippen LogP contribution in [0.4, 0.5) is 18.0 Å². The Morgan fingerprint density at radius 2 is 1.57 bits per heavy atom. The number of ether oxygens (including phenoxy) is 1. The Morgan fingerprint density at radius 1 is 0.878 bits per heavy atom. The van der Waals surface area contributed by atoms with Gasteiger partial charge in [0.1, 0.15) is 12.4 Å². The number of carbonyl (C=O) groups excluding carboxylic acids is 5. The van der Waals surface area contributed by atoms with E-state index >= 15 is 0 Å². The van der Waals surface area contributed by atoms with Crippen LogP contribution in [0.5, 0.6) is 0 Å². The number of alkyl halides is 3. The van der Waals surface area contributed by atoms with Gasteiger partial charge in [0, 0.05) is 31.1 Å². The second-order valence-corrected chi connectivity index (χ2v) is 13.2. The van der Waals surface area contributed by atoms with E-state index in [9.17, 15) is 37.1 Å². The Bertz CT molecular complexity index is 1620. The smallest absolute Gasteiger partial charge is 0.445 e. The van der Waals surface area contributed by atoms with Gasteiger partial charge in [0.15, 0.2) is 5.78 Å². The Morgan fingerprint density at radius 3 is 2.27 bits per heavy atom. The first-order valence-electron chi connectivity index (χ1n) is 16.7. The van der Waals surface area contributed by atoms with Crippen LogP contribution in [0, 0.1) is 17.8 Å². The van der Waals surface area contributed by atoms with Crippen LogP contribution in [-0.4, -0.2) is 47.6 Å². The zero-order valence-electron chi connectivity index (χ0n) is 27.8. The van der Waals surface area contributed by atoms with E-state index in [0.717, 1.165) is 21.9 Å². The molecule has 2 amide bonds. The van der Waals surface area contributed by atoms with Gasteiger partial charge in [-0.05, 0) is 53.5 Å². The molecule has 11 heteroatoms. The molecular formula is C38H43F3N2O6. The molecule has 4 atom stereocenters. The third-order valence-electron chi connectivity index (χ3n) is 8.89. The molecule has 0 aromatic heterocycles. The van der Waals surface area contributed by atoms with Crippen molar-refractivity contribution in [2.45, 2.75) is 90.1 Å². The summed E-state index contributed by atoms with van der Waals surface area (Å²) in [6, 6.07) is 19.0. The third kappa shape index (κ3) is 11.0. The molecule has 3 aromatic carbocycles. The first-order valence-corrected chi connectivity index (χ1v) is 16.7. The maximum absolute atomic E-state index is 14.0. The molecule has 0 spiro atoms. The van der Waals surface area contributed by atoms with Gasteiger partial charge in [-0.25, -0.2) is 4.79 Å². The molecule has 1 saturated carbocycles. The van der Waals surface area contributed by atoms with Crippen molar-refractivity contribution >= 4 is 40.1 Å². The first-order chi connectivity index (χ1) is 23.3. The highest BCUT2D eigenvalue weighted by Gasteiger charge is 2.46. The predicted molar refractivity (Wildman–Crippen MR) is 178 cm³/mol. The van der Waals surface area contributed by atoms with Crippen molar-refractivity contribution in [3.05, 3.63) is 83.9 Å². The fourth-order valence-electron chi connectivity index (χ4n) is 6.39. The van der Waals surface area contributed by atoms with E-state index in [1.807, 2.05) is 48.5 Å². The number of nitrogens with one attached hydrogen (secondary N) is 2. The standard InChI is InChI=1S/C38H43F3N2O6/c1-24(2)19-29(36(47)42-32(35(46)38(39,40)41)21-28-14-7-9-18-33(28)44)22-34(45)31(43-37(48)49-23-25-11-4-3-5-12-25)20-27-16-10-15-26-13-6-8-17-30(26)27/h3-6,8,10-13,15-17,24,28-29,31-32H,7,9,14,18-23H2,1-2H3,(H,42,47)(H,43,48)/t28-,29+,31-,32-/m0/s1. The molecule has 3 aromatic rings. The van der Waals surface area contributed by atoms with Crippen LogP contribution in [0.3, 0.4) is 0 Å². The van der Waals surface area contributed by atoms with E-state index in [0.29, 0.717) is 19.3 Å². The second kappa shape index (κ2) is 17.2. The van der Waals surface area contributed by atoms with Crippen LogP contribution < -0.4 is 10.6 Å². The highest BCUT2D eigenvalue weighted by atomic mass is 19.4. The number of Topliss-reactive ketones (excluding diaryl/α,β-unsaturated/α-hetero) is 3. The van der Waals surface area contributed by atoms with Crippen molar-refractivity contribution in [1.82, 2.24) is 10.6 Å². The van der Waals surface area contributed by atoms with Gasteiger partial charge in [-0.15, -0.1) is 0 Å². The highest BCUT2D eigenvalue weighted by molar-refractivity contribution is 5.96. The van der Waals surface area contributed by atoms with Crippen LogP contribution in [0.1, 0.15) is 69.9 Å². The number of benzene rings is 3. The molecule has 0 aliphatic heterocycles. The Kier molecular flexibility index (Phi) is 13.1. The van der Waals surface area contributed by atoms with E-state index in [-0.39, 0.29) is 37.6 Å². The fourth-order valence-corrected chi connectivity index (χ4v) is 6.39. The molecule has 0 bridgehead atoms. The molecule has 1 aliphatic carbocycles. The SMILES string of the molecule is CC(C)C[C@H](CC(=O)[C@H](Cc1cccc2ccccc12)NC(=O)OCc1ccccc1)C(=O)N[C@@H](C[C@@H]1CCCCC1=O)C(=O)C(F)(F)F. The van der Waals surface area contributed by atoms with Gasteiger partial charge in [0.2, 0.25) is 5.91 Å². The summed E-state index contributed by atoms with van der Waals surface area (Å²) in [6.07, 6.45) is -4.92. The quantitative estimate of drug-likeness (QED) is 0.177. The number of rotatable bonds is 15. The average Bonchev–Trinajstić information content (AvgIpc) is 3.07. The lowest BCUT2D eigenvalue weighted by Crippen LogP contribution is -2.51. The lowest BCUT2D eigenvalue weighted by molar-refractivity contribution is -0.174. The summed E-state index contributed by atoms with van der Waals surface area (Å²) < 4.78 is 46.3. The average molecular weight is 681 g/mol. The van der Waals surface area contributed by atoms with E-state index in [4.69, 9.17) is 4.74 Å². The van der Waals surface area contributed by atoms with Crippen LogP contribution in [0.25, 0.3) is 10.8 Å². The lowest BCUT2D eigenvalue weighted by atomic mass is 9.82. The van der Waals surface area contributed by atoms with Crippen molar-refractivity contribution in [3.63, 3.8) is 0 Å². The molecule has 0 unspecified atom stereocenters. The number of hydrogen-bond donors (Lipinski definition) is 2. The summed E-state index contributed by atoms with van der Waals surface area (Å²) in [6.45, 7) is 3.56. The number of fused-ring (bicyclic) bond motifs is 1. The van der Waals surface area contributed by atoms with Crippen molar-refractivity contribution in [1.29, 1.82) is 0 Å². The molecule has 262 valence electrons. The maximum Gasteiger partial charge on any atom is 0.452 e. The van der Waals surface area contributed by atoms with Crippen LogP contribution in [-0.2, 0) is 36.9 Å². The van der Waals surface area contributed by atoms with Crippen LogP contribution in [0.15, 0.2) is 72.8 Å². The summed E-state index contributed by atoms with van der Waals surface area (Å²) in [4.78, 5) is 65.5. The van der Waals surface area contributed by atoms with Gasteiger partial charge >= 0.3 is 12.3 Å². The largest absolute Gasteiger partial charge is 0.452 e. The second-order valence-electron chi connectivity index (χ2n) is 13.2. The number of alkyl carbamates (subject to hydrolysis) is 1. The number of hydrogen-bond acceptors (Lipinski definition) is 6. The van der Waals surface area contributed by atoms with Crippen molar-refractivity contribution in [2.24, 2.45) is 17.8 Å². The van der Waals surface area contributed by atoms with E-state index < -0.39 is 66.5 Å².